The number of hydrogen-bond donors (Lipinski definition) is 0. The van der Waals surface area contributed by atoms with Crippen molar-refractivity contribution in [3.05, 3.63) is 0 Å². The Hall–Kier alpha value is 0.0700. The number of carbonyl (C=O) groups is 1. The Balaban J connectivity index is 1.79. The molecule has 98 valence electrons. The summed E-state index contributed by atoms with van der Waals surface area (Å²) in [5, 5.41) is -0.330. The monoisotopic (exact) mass is 276 g/mol. The van der Waals surface area contributed by atoms with Gasteiger partial charge in [0.05, 0.1) is 0 Å². The number of halogens is 1. The lowest BCUT2D eigenvalue weighted by Gasteiger charge is -2.38. The summed E-state index contributed by atoms with van der Waals surface area (Å²) in [6.07, 6.45) is 2.03. The zero-order valence-corrected chi connectivity index (χ0v) is 12.0. The molecule has 0 aromatic carbocycles. The molecule has 2 heterocycles. The Morgan fingerprint density at radius 3 is 2.65 bits per heavy atom. The van der Waals surface area contributed by atoms with Crippen LogP contribution in [0.4, 0.5) is 0 Å². The molecule has 3 nitrogen and oxygen atoms in total. The minimum Gasteiger partial charge on any atom is -0.339 e. The summed E-state index contributed by atoms with van der Waals surface area (Å²) in [7, 11) is 0. The van der Waals surface area contributed by atoms with Crippen LogP contribution in [0.1, 0.15) is 19.8 Å². The van der Waals surface area contributed by atoms with Gasteiger partial charge in [-0.3, -0.25) is 9.69 Å². The molecule has 0 spiro atoms. The second-order valence-corrected chi connectivity index (χ2v) is 6.43. The molecule has 0 aliphatic carbocycles. The third-order valence-corrected chi connectivity index (χ3v) is 5.31. The number of rotatable bonds is 3. The van der Waals surface area contributed by atoms with Gasteiger partial charge in [-0.2, -0.15) is 11.8 Å². The highest BCUT2D eigenvalue weighted by Crippen LogP contribution is 2.23. The van der Waals surface area contributed by atoms with Crippen LogP contribution in [-0.4, -0.2) is 64.8 Å². The minimum absolute atomic E-state index is 0.120. The Kier molecular flexibility index (Phi) is 5.00. The number of piperazine rings is 1. The van der Waals surface area contributed by atoms with E-state index in [4.69, 9.17) is 11.6 Å². The maximum Gasteiger partial charge on any atom is 0.240 e. The van der Waals surface area contributed by atoms with E-state index in [0.717, 1.165) is 38.6 Å². The van der Waals surface area contributed by atoms with Crippen LogP contribution in [0.2, 0.25) is 0 Å². The molecular formula is C12H21ClN2OS. The Morgan fingerprint density at radius 1 is 1.41 bits per heavy atom. The molecule has 17 heavy (non-hydrogen) atoms. The lowest BCUT2D eigenvalue weighted by molar-refractivity contribution is -0.132. The van der Waals surface area contributed by atoms with E-state index in [1.165, 1.54) is 17.9 Å². The first kappa shape index (κ1) is 13.5. The predicted octanol–water partition coefficient (Wildman–Crippen LogP) is 1.65. The van der Waals surface area contributed by atoms with Crippen LogP contribution in [0, 0.1) is 0 Å². The zero-order valence-electron chi connectivity index (χ0n) is 10.4. The quantitative estimate of drug-likeness (QED) is 0.733. The molecule has 2 aliphatic rings. The first-order valence-corrected chi connectivity index (χ1v) is 8.06. The fourth-order valence-corrected chi connectivity index (χ4v) is 3.88. The van der Waals surface area contributed by atoms with Crippen molar-refractivity contribution in [2.45, 2.75) is 31.2 Å². The lowest BCUT2D eigenvalue weighted by atomic mass is 10.2. The first-order chi connectivity index (χ1) is 8.22. The van der Waals surface area contributed by atoms with Crippen LogP contribution in [0.15, 0.2) is 0 Å². The van der Waals surface area contributed by atoms with Gasteiger partial charge in [0, 0.05) is 38.0 Å². The van der Waals surface area contributed by atoms with Crippen LogP contribution in [0.5, 0.6) is 0 Å². The Labute approximate surface area is 113 Å². The van der Waals surface area contributed by atoms with Crippen molar-refractivity contribution in [2.24, 2.45) is 0 Å². The Bertz CT molecular complexity index is 263. The molecule has 2 rings (SSSR count). The average molecular weight is 277 g/mol. The summed E-state index contributed by atoms with van der Waals surface area (Å²) in [6, 6.07) is 0.746. The van der Waals surface area contributed by atoms with Gasteiger partial charge in [-0.1, -0.05) is 6.92 Å². The molecule has 0 N–H and O–H groups in total. The van der Waals surface area contributed by atoms with Crippen LogP contribution < -0.4 is 0 Å². The Morgan fingerprint density at radius 2 is 2.12 bits per heavy atom. The van der Waals surface area contributed by atoms with Crippen LogP contribution in [0.25, 0.3) is 0 Å². The molecule has 2 atom stereocenters. The lowest BCUT2D eigenvalue weighted by Crippen LogP contribution is -2.53. The molecule has 5 heteroatoms. The zero-order chi connectivity index (χ0) is 12.3. The molecule has 0 bridgehead atoms. The van der Waals surface area contributed by atoms with E-state index in [1.54, 1.807) is 0 Å². The molecule has 0 aromatic heterocycles. The SMILES string of the molecule is CC[C@@H](Cl)C(=O)N1CCN([C@H]2CCSC2)CC1. The maximum absolute atomic E-state index is 11.9. The van der Waals surface area contributed by atoms with E-state index in [0.29, 0.717) is 0 Å². The van der Waals surface area contributed by atoms with Crippen molar-refractivity contribution in [1.29, 1.82) is 0 Å². The largest absolute Gasteiger partial charge is 0.339 e. The van der Waals surface area contributed by atoms with E-state index in [1.807, 2.05) is 23.6 Å². The maximum atomic E-state index is 11.9. The second kappa shape index (κ2) is 6.30. The summed E-state index contributed by atoms with van der Waals surface area (Å²) in [5.74, 6) is 2.68. The van der Waals surface area contributed by atoms with Gasteiger partial charge in [0.15, 0.2) is 0 Å². The molecule has 1 amide bonds. The van der Waals surface area contributed by atoms with E-state index in [9.17, 15) is 4.79 Å². The third kappa shape index (κ3) is 3.30. The van der Waals surface area contributed by atoms with Crippen molar-refractivity contribution >= 4 is 29.3 Å². The smallest absolute Gasteiger partial charge is 0.240 e. The fourth-order valence-electron chi connectivity index (χ4n) is 2.49. The van der Waals surface area contributed by atoms with Gasteiger partial charge in [0.2, 0.25) is 5.91 Å². The van der Waals surface area contributed by atoms with Crippen molar-refractivity contribution in [3.8, 4) is 0 Å². The standard InChI is InChI=1S/C12H21ClN2OS/c1-2-11(13)12(16)15-6-4-14(5-7-15)10-3-8-17-9-10/h10-11H,2-9H2,1H3/t10-,11+/m0/s1. The van der Waals surface area contributed by atoms with Gasteiger partial charge in [-0.25, -0.2) is 0 Å². The molecule has 0 unspecified atom stereocenters. The molecule has 2 saturated heterocycles. The number of thioether (sulfide) groups is 1. The molecule has 0 saturated carbocycles. The molecule has 0 radical (unpaired) electrons. The minimum atomic E-state index is -0.330. The van der Waals surface area contributed by atoms with Crippen LogP contribution >= 0.6 is 23.4 Å². The normalized spacial score (nSPS) is 28.4. The number of amides is 1. The number of hydrogen-bond acceptors (Lipinski definition) is 3. The van der Waals surface area contributed by atoms with Gasteiger partial charge in [-0.05, 0) is 18.6 Å². The topological polar surface area (TPSA) is 23.6 Å². The van der Waals surface area contributed by atoms with Gasteiger partial charge in [0.25, 0.3) is 0 Å². The van der Waals surface area contributed by atoms with Crippen molar-refractivity contribution in [1.82, 2.24) is 9.80 Å². The van der Waals surface area contributed by atoms with Crippen molar-refractivity contribution in [2.75, 3.05) is 37.7 Å². The van der Waals surface area contributed by atoms with E-state index >= 15 is 0 Å². The van der Waals surface area contributed by atoms with Gasteiger partial charge in [0.1, 0.15) is 5.38 Å². The molecular weight excluding hydrogens is 256 g/mol. The van der Waals surface area contributed by atoms with E-state index in [-0.39, 0.29) is 11.3 Å². The molecule has 0 aromatic rings. The number of carbonyl (C=O) groups excluding carboxylic acids is 1. The molecule has 2 fully saturated rings. The van der Waals surface area contributed by atoms with Crippen molar-refractivity contribution in [3.63, 3.8) is 0 Å². The second-order valence-electron chi connectivity index (χ2n) is 4.75. The summed E-state index contributed by atoms with van der Waals surface area (Å²) < 4.78 is 0. The highest BCUT2D eigenvalue weighted by molar-refractivity contribution is 7.99. The predicted molar refractivity (Wildman–Crippen MR) is 73.8 cm³/mol. The summed E-state index contributed by atoms with van der Waals surface area (Å²) in [5.41, 5.74) is 0. The molecule has 2 aliphatic heterocycles. The summed E-state index contributed by atoms with van der Waals surface area (Å²) in [4.78, 5) is 16.4. The van der Waals surface area contributed by atoms with Crippen LogP contribution in [-0.2, 0) is 4.79 Å². The van der Waals surface area contributed by atoms with Gasteiger partial charge in [-0.15, -0.1) is 11.6 Å². The highest BCUT2D eigenvalue weighted by Gasteiger charge is 2.29. The first-order valence-electron chi connectivity index (χ1n) is 6.47. The van der Waals surface area contributed by atoms with Crippen LogP contribution in [0.3, 0.4) is 0 Å². The van der Waals surface area contributed by atoms with Crippen molar-refractivity contribution < 1.29 is 4.79 Å². The van der Waals surface area contributed by atoms with E-state index < -0.39 is 0 Å². The third-order valence-electron chi connectivity index (χ3n) is 3.67. The number of nitrogens with zero attached hydrogens (tertiary/aromatic N) is 2. The average Bonchev–Trinajstić information content (AvgIpc) is 2.91. The summed E-state index contributed by atoms with van der Waals surface area (Å²) in [6.45, 7) is 5.70. The highest BCUT2D eigenvalue weighted by atomic mass is 35.5. The van der Waals surface area contributed by atoms with E-state index in [2.05, 4.69) is 4.90 Å². The number of alkyl halides is 1. The fraction of sp³-hybridized carbons (Fsp3) is 0.917. The van der Waals surface area contributed by atoms with Gasteiger partial charge < -0.3 is 4.90 Å². The summed E-state index contributed by atoms with van der Waals surface area (Å²) >= 11 is 8.05. The van der Waals surface area contributed by atoms with Gasteiger partial charge >= 0.3 is 0 Å².